The molecule has 5 nitrogen and oxygen atoms in total. The Balaban J connectivity index is 2.26. The Labute approximate surface area is 162 Å². The van der Waals surface area contributed by atoms with Crippen LogP contribution in [0.4, 0.5) is 24.5 Å². The van der Waals surface area contributed by atoms with E-state index in [0.717, 1.165) is 22.0 Å². The average molecular weight is 498 g/mol. The smallest absolute Gasteiger partial charge is 0.325 e. The van der Waals surface area contributed by atoms with Gasteiger partial charge in [0.25, 0.3) is 0 Å². The van der Waals surface area contributed by atoms with Crippen LogP contribution in [0.3, 0.4) is 0 Å². The highest BCUT2D eigenvalue weighted by molar-refractivity contribution is 14.1. The highest BCUT2D eigenvalue weighted by atomic mass is 127. The minimum absolute atomic E-state index is 0.236. The summed E-state index contributed by atoms with van der Waals surface area (Å²) in [6.45, 7) is -0.647. The Morgan fingerprint density at radius 3 is 2.31 bits per heavy atom. The van der Waals surface area contributed by atoms with Crippen molar-refractivity contribution in [1.29, 1.82) is 0 Å². The third-order valence-electron chi connectivity index (χ3n) is 3.28. The van der Waals surface area contributed by atoms with E-state index in [9.17, 15) is 26.4 Å². The van der Waals surface area contributed by atoms with E-state index in [1.807, 2.05) is 0 Å². The number of carbonyl (C=O) groups excluding carboxylic acids is 1. The molecule has 0 spiro atoms. The maximum Gasteiger partial charge on any atom is 0.416 e. The number of sulfonamides is 1. The molecule has 0 radical (unpaired) electrons. The number of rotatable bonds is 5. The summed E-state index contributed by atoms with van der Waals surface area (Å²) in [4.78, 5) is 12.2. The largest absolute Gasteiger partial charge is 0.416 e. The fraction of sp³-hybridized carbons (Fsp3) is 0.188. The topological polar surface area (TPSA) is 66.5 Å². The third kappa shape index (κ3) is 5.59. The van der Waals surface area contributed by atoms with Crippen LogP contribution in [-0.4, -0.2) is 27.1 Å². The summed E-state index contributed by atoms with van der Waals surface area (Å²) < 4.78 is 64.1. The molecule has 26 heavy (non-hydrogen) atoms. The van der Waals surface area contributed by atoms with E-state index in [4.69, 9.17) is 0 Å². The van der Waals surface area contributed by atoms with Crippen molar-refractivity contribution in [1.82, 2.24) is 0 Å². The lowest BCUT2D eigenvalue weighted by Crippen LogP contribution is -2.37. The molecule has 0 bridgehead atoms. The molecule has 2 rings (SSSR count). The maximum atomic E-state index is 12.9. The van der Waals surface area contributed by atoms with Gasteiger partial charge in [0.05, 0.1) is 17.5 Å². The van der Waals surface area contributed by atoms with Crippen LogP contribution in [0.5, 0.6) is 0 Å². The van der Waals surface area contributed by atoms with Crippen LogP contribution in [0, 0.1) is 3.57 Å². The Bertz CT molecular complexity index is 900. The zero-order valence-corrected chi connectivity index (χ0v) is 16.4. The summed E-state index contributed by atoms with van der Waals surface area (Å²) >= 11 is 2.09. The second-order valence-corrected chi connectivity index (χ2v) is 8.53. The van der Waals surface area contributed by atoms with Gasteiger partial charge in [-0.15, -0.1) is 0 Å². The second kappa shape index (κ2) is 7.82. The van der Waals surface area contributed by atoms with Gasteiger partial charge < -0.3 is 5.32 Å². The van der Waals surface area contributed by atoms with Crippen molar-refractivity contribution in [2.45, 2.75) is 6.18 Å². The van der Waals surface area contributed by atoms with Crippen molar-refractivity contribution >= 4 is 49.9 Å². The first-order valence-corrected chi connectivity index (χ1v) is 10.1. The zero-order valence-electron chi connectivity index (χ0n) is 13.4. The molecule has 0 saturated heterocycles. The van der Waals surface area contributed by atoms with E-state index >= 15 is 0 Å². The summed E-state index contributed by atoms with van der Waals surface area (Å²) in [5.41, 5.74) is -0.783. The van der Waals surface area contributed by atoms with Crippen molar-refractivity contribution < 1.29 is 26.4 Å². The monoisotopic (exact) mass is 498 g/mol. The number of alkyl halides is 3. The van der Waals surface area contributed by atoms with Gasteiger partial charge in [-0.25, -0.2) is 8.42 Å². The Morgan fingerprint density at radius 2 is 1.77 bits per heavy atom. The normalized spacial score (nSPS) is 11.9. The third-order valence-corrected chi connectivity index (χ3v) is 5.14. The summed E-state index contributed by atoms with van der Waals surface area (Å²) in [6, 6.07) is 10.6. The van der Waals surface area contributed by atoms with Crippen LogP contribution < -0.4 is 9.62 Å². The van der Waals surface area contributed by atoms with Crippen molar-refractivity contribution in [2.75, 3.05) is 22.4 Å². The molecule has 0 aromatic heterocycles. The van der Waals surface area contributed by atoms with Gasteiger partial charge in [0, 0.05) is 9.26 Å². The molecule has 2 aromatic rings. The summed E-state index contributed by atoms with van der Waals surface area (Å²) in [7, 11) is -3.97. The van der Waals surface area contributed by atoms with E-state index in [-0.39, 0.29) is 5.69 Å². The van der Waals surface area contributed by atoms with E-state index in [1.165, 1.54) is 6.07 Å². The first-order valence-electron chi connectivity index (χ1n) is 7.17. The Kier molecular flexibility index (Phi) is 6.17. The number of benzene rings is 2. The number of amides is 1. The Morgan fingerprint density at radius 1 is 1.15 bits per heavy atom. The van der Waals surface area contributed by atoms with Gasteiger partial charge in [-0.05, 0) is 65.1 Å². The summed E-state index contributed by atoms with van der Waals surface area (Å²) in [5.74, 6) is -0.672. The molecule has 0 aliphatic carbocycles. The molecule has 0 heterocycles. The predicted molar refractivity (Wildman–Crippen MR) is 101 cm³/mol. The van der Waals surface area contributed by atoms with Gasteiger partial charge >= 0.3 is 6.18 Å². The minimum atomic E-state index is -4.62. The van der Waals surface area contributed by atoms with E-state index in [2.05, 4.69) is 27.9 Å². The van der Waals surface area contributed by atoms with Crippen molar-refractivity contribution in [3.8, 4) is 0 Å². The SMILES string of the molecule is CS(=O)(=O)N(CC(=O)Nc1ccc(I)cc1)c1cccc(C(F)(F)F)c1. The first-order chi connectivity index (χ1) is 12.0. The number of nitrogens with one attached hydrogen (secondary N) is 1. The lowest BCUT2D eigenvalue weighted by atomic mass is 10.2. The van der Waals surface area contributed by atoms with Crippen molar-refractivity contribution in [2.24, 2.45) is 0 Å². The second-order valence-electron chi connectivity index (χ2n) is 5.37. The fourth-order valence-corrected chi connectivity index (χ4v) is 3.31. The predicted octanol–water partition coefficient (Wildman–Crippen LogP) is 3.71. The zero-order chi connectivity index (χ0) is 19.5. The molecule has 10 heteroatoms. The highest BCUT2D eigenvalue weighted by Crippen LogP contribution is 2.32. The van der Waals surface area contributed by atoms with E-state index in [0.29, 0.717) is 16.1 Å². The Hall–Kier alpha value is -1.82. The molecule has 1 N–H and O–H groups in total. The van der Waals surface area contributed by atoms with Gasteiger partial charge in [-0.2, -0.15) is 13.2 Å². The number of hydrogen-bond donors (Lipinski definition) is 1. The number of nitrogens with zero attached hydrogens (tertiary/aromatic N) is 1. The van der Waals surface area contributed by atoms with Crippen LogP contribution in [0.1, 0.15) is 5.56 Å². The quantitative estimate of drug-likeness (QED) is 0.640. The fourth-order valence-electron chi connectivity index (χ4n) is 2.10. The van der Waals surface area contributed by atoms with Crippen LogP contribution in [0.2, 0.25) is 0 Å². The summed E-state index contributed by atoms with van der Waals surface area (Å²) in [5, 5.41) is 2.52. The van der Waals surface area contributed by atoms with Crippen molar-refractivity contribution in [3.05, 3.63) is 57.7 Å². The molecular formula is C16H14F3IN2O3S. The van der Waals surface area contributed by atoms with Gasteiger partial charge in [0.15, 0.2) is 0 Å². The molecule has 0 aliphatic rings. The lowest BCUT2D eigenvalue weighted by Gasteiger charge is -2.22. The van der Waals surface area contributed by atoms with Gasteiger partial charge in [-0.1, -0.05) is 6.07 Å². The van der Waals surface area contributed by atoms with Crippen LogP contribution in [0.25, 0.3) is 0 Å². The molecule has 1 amide bonds. The highest BCUT2D eigenvalue weighted by Gasteiger charge is 2.32. The molecular weight excluding hydrogens is 484 g/mol. The van der Waals surface area contributed by atoms with Gasteiger partial charge in [-0.3, -0.25) is 9.10 Å². The van der Waals surface area contributed by atoms with Gasteiger partial charge in [0.1, 0.15) is 6.54 Å². The molecule has 0 fully saturated rings. The lowest BCUT2D eigenvalue weighted by molar-refractivity contribution is -0.137. The average Bonchev–Trinajstić information content (AvgIpc) is 2.53. The summed E-state index contributed by atoms with van der Waals surface area (Å²) in [6.07, 6.45) is -3.80. The van der Waals surface area contributed by atoms with E-state index in [1.54, 1.807) is 24.3 Å². The molecule has 2 aromatic carbocycles. The number of anilines is 2. The van der Waals surface area contributed by atoms with E-state index < -0.39 is 34.2 Å². The first kappa shape index (κ1) is 20.5. The van der Waals surface area contributed by atoms with Crippen molar-refractivity contribution in [3.63, 3.8) is 0 Å². The maximum absolute atomic E-state index is 12.9. The van der Waals surface area contributed by atoms with Crippen LogP contribution in [0.15, 0.2) is 48.5 Å². The van der Waals surface area contributed by atoms with Crippen LogP contribution >= 0.6 is 22.6 Å². The molecule has 0 unspecified atom stereocenters. The minimum Gasteiger partial charge on any atom is -0.325 e. The molecule has 0 saturated carbocycles. The molecule has 0 atom stereocenters. The number of carbonyl (C=O) groups is 1. The molecule has 140 valence electrons. The van der Waals surface area contributed by atoms with Crippen LogP contribution in [-0.2, 0) is 21.0 Å². The molecule has 0 aliphatic heterocycles. The van der Waals surface area contributed by atoms with Gasteiger partial charge in [0.2, 0.25) is 15.9 Å². The number of halogens is 4. The number of hydrogen-bond acceptors (Lipinski definition) is 3. The standard InChI is InChI=1S/C16H14F3IN2O3S/c1-26(24,25)22(14-4-2-3-11(9-14)16(17,18)19)10-15(23)21-13-7-5-12(20)6-8-13/h2-9H,10H2,1H3,(H,21,23).